The third kappa shape index (κ3) is 2.99. The Balaban J connectivity index is 1.92. The Morgan fingerprint density at radius 2 is 2.35 bits per heavy atom. The Morgan fingerprint density at radius 3 is 2.94 bits per heavy atom. The molecule has 5 nitrogen and oxygen atoms in total. The number of aromatic nitrogens is 1. The van der Waals surface area contributed by atoms with Crippen molar-refractivity contribution in [2.75, 3.05) is 13.1 Å². The molecule has 1 atom stereocenters. The van der Waals surface area contributed by atoms with Gasteiger partial charge in [0.15, 0.2) is 6.39 Å². The maximum atomic E-state index is 11.8. The van der Waals surface area contributed by atoms with E-state index < -0.39 is 5.60 Å². The minimum Gasteiger partial charge on any atom is -0.448 e. The molecule has 1 amide bonds. The van der Waals surface area contributed by atoms with E-state index in [-0.39, 0.29) is 12.0 Å². The molecule has 2 rings (SSSR count). The summed E-state index contributed by atoms with van der Waals surface area (Å²) in [5, 5.41) is 0. The first-order valence-electron chi connectivity index (χ1n) is 5.82. The van der Waals surface area contributed by atoms with Crippen LogP contribution in [-0.2, 0) is 4.74 Å². The monoisotopic (exact) mass is 238 g/mol. The van der Waals surface area contributed by atoms with Crippen LogP contribution in [0.2, 0.25) is 0 Å². The number of carbonyl (C=O) groups excluding carboxylic acids is 1. The largest absolute Gasteiger partial charge is 0.448 e. The number of hydrogen-bond donors (Lipinski definition) is 0. The van der Waals surface area contributed by atoms with Crippen LogP contribution in [0.1, 0.15) is 38.9 Å². The summed E-state index contributed by atoms with van der Waals surface area (Å²) in [6, 6.07) is 0. The molecule has 0 aromatic carbocycles. The number of hydrogen-bond acceptors (Lipinski definition) is 4. The van der Waals surface area contributed by atoms with E-state index in [4.69, 9.17) is 9.15 Å². The summed E-state index contributed by atoms with van der Waals surface area (Å²) in [5.41, 5.74) is -0.443. The van der Waals surface area contributed by atoms with Gasteiger partial charge < -0.3 is 14.1 Å². The molecule has 2 heterocycles. The molecule has 1 aliphatic rings. The Labute approximate surface area is 101 Å². The van der Waals surface area contributed by atoms with Gasteiger partial charge in [0.1, 0.15) is 11.4 Å². The fraction of sp³-hybridized carbons (Fsp3) is 0.667. The normalized spacial score (nSPS) is 20.6. The standard InChI is InChI=1S/C12H18N2O3/c1-12(2,3)17-11(15)14-5-4-9(7-14)10-6-13-8-16-10/h6,8-9H,4-5,7H2,1-3H3. The fourth-order valence-corrected chi connectivity index (χ4v) is 1.91. The van der Waals surface area contributed by atoms with Crippen molar-refractivity contribution in [1.82, 2.24) is 9.88 Å². The van der Waals surface area contributed by atoms with E-state index >= 15 is 0 Å². The first-order chi connectivity index (χ1) is 7.96. The zero-order valence-electron chi connectivity index (χ0n) is 10.5. The molecule has 0 saturated carbocycles. The van der Waals surface area contributed by atoms with Crippen LogP contribution in [0, 0.1) is 0 Å². The lowest BCUT2D eigenvalue weighted by atomic mass is 10.1. The molecule has 1 unspecified atom stereocenters. The predicted octanol–water partition coefficient (Wildman–Crippen LogP) is 2.40. The minimum atomic E-state index is -0.443. The van der Waals surface area contributed by atoms with Crippen LogP contribution in [0.15, 0.2) is 17.0 Å². The lowest BCUT2D eigenvalue weighted by molar-refractivity contribution is 0.0292. The number of rotatable bonds is 1. The van der Waals surface area contributed by atoms with Gasteiger partial charge in [-0.1, -0.05) is 0 Å². The van der Waals surface area contributed by atoms with Crippen LogP contribution < -0.4 is 0 Å². The van der Waals surface area contributed by atoms with Gasteiger partial charge >= 0.3 is 6.09 Å². The van der Waals surface area contributed by atoms with Gasteiger partial charge in [0, 0.05) is 19.0 Å². The number of carbonyl (C=O) groups is 1. The molecule has 1 aliphatic heterocycles. The first-order valence-corrected chi connectivity index (χ1v) is 5.82. The molecule has 17 heavy (non-hydrogen) atoms. The lowest BCUT2D eigenvalue weighted by Crippen LogP contribution is -2.35. The molecule has 5 heteroatoms. The summed E-state index contributed by atoms with van der Waals surface area (Å²) in [6.07, 6.45) is 3.78. The molecular weight excluding hydrogens is 220 g/mol. The van der Waals surface area contributed by atoms with E-state index in [1.807, 2.05) is 20.8 Å². The van der Waals surface area contributed by atoms with Crippen molar-refractivity contribution in [1.29, 1.82) is 0 Å². The summed E-state index contributed by atoms with van der Waals surface area (Å²) < 4.78 is 10.6. The number of ether oxygens (including phenoxy) is 1. The van der Waals surface area contributed by atoms with Crippen LogP contribution >= 0.6 is 0 Å². The van der Waals surface area contributed by atoms with Crippen molar-refractivity contribution < 1.29 is 13.9 Å². The number of amides is 1. The van der Waals surface area contributed by atoms with Crippen molar-refractivity contribution >= 4 is 6.09 Å². The second kappa shape index (κ2) is 4.39. The highest BCUT2D eigenvalue weighted by molar-refractivity contribution is 5.68. The van der Waals surface area contributed by atoms with E-state index in [2.05, 4.69) is 4.98 Å². The molecule has 0 N–H and O–H groups in total. The van der Waals surface area contributed by atoms with Crippen LogP contribution in [0.25, 0.3) is 0 Å². The van der Waals surface area contributed by atoms with E-state index in [1.54, 1.807) is 11.1 Å². The zero-order chi connectivity index (χ0) is 12.5. The quantitative estimate of drug-likeness (QED) is 0.753. The summed E-state index contributed by atoms with van der Waals surface area (Å²) in [7, 11) is 0. The van der Waals surface area contributed by atoms with Crippen LogP contribution in [0.5, 0.6) is 0 Å². The Hall–Kier alpha value is -1.52. The van der Waals surface area contributed by atoms with E-state index in [0.717, 1.165) is 12.2 Å². The van der Waals surface area contributed by atoms with Gasteiger partial charge in [-0.3, -0.25) is 0 Å². The van der Waals surface area contributed by atoms with Gasteiger partial charge in [-0.25, -0.2) is 9.78 Å². The second-order valence-electron chi connectivity index (χ2n) is 5.32. The van der Waals surface area contributed by atoms with Gasteiger partial charge in [0.2, 0.25) is 0 Å². The Morgan fingerprint density at radius 1 is 1.59 bits per heavy atom. The smallest absolute Gasteiger partial charge is 0.410 e. The van der Waals surface area contributed by atoms with Crippen molar-refractivity contribution in [3.05, 3.63) is 18.4 Å². The topological polar surface area (TPSA) is 55.6 Å². The van der Waals surface area contributed by atoms with Gasteiger partial charge in [0.25, 0.3) is 0 Å². The molecule has 0 aliphatic carbocycles. The van der Waals surface area contributed by atoms with Crippen LogP contribution in [0.4, 0.5) is 4.79 Å². The molecule has 0 radical (unpaired) electrons. The average molecular weight is 238 g/mol. The van der Waals surface area contributed by atoms with E-state index in [9.17, 15) is 4.79 Å². The molecule has 0 bridgehead atoms. The maximum Gasteiger partial charge on any atom is 0.410 e. The summed E-state index contributed by atoms with van der Waals surface area (Å²) in [6.45, 7) is 6.96. The van der Waals surface area contributed by atoms with Gasteiger partial charge in [-0.05, 0) is 27.2 Å². The Bertz CT molecular complexity index is 381. The predicted molar refractivity (Wildman–Crippen MR) is 61.7 cm³/mol. The molecular formula is C12H18N2O3. The van der Waals surface area contributed by atoms with Crippen molar-refractivity contribution in [2.45, 2.75) is 38.7 Å². The second-order valence-corrected chi connectivity index (χ2v) is 5.32. The highest BCUT2D eigenvalue weighted by atomic mass is 16.6. The first kappa shape index (κ1) is 12.0. The third-order valence-corrected chi connectivity index (χ3v) is 2.69. The summed E-state index contributed by atoms with van der Waals surface area (Å²) in [4.78, 5) is 17.4. The van der Waals surface area contributed by atoms with Gasteiger partial charge in [-0.2, -0.15) is 0 Å². The SMILES string of the molecule is CC(C)(C)OC(=O)N1CCC(c2cnco2)C1. The molecule has 1 aromatic rings. The van der Waals surface area contributed by atoms with E-state index in [0.29, 0.717) is 13.1 Å². The summed E-state index contributed by atoms with van der Waals surface area (Å²) >= 11 is 0. The molecule has 1 aromatic heterocycles. The Kier molecular flexibility index (Phi) is 3.09. The minimum absolute atomic E-state index is 0.241. The van der Waals surface area contributed by atoms with E-state index in [1.165, 1.54) is 6.39 Å². The third-order valence-electron chi connectivity index (χ3n) is 2.69. The molecule has 94 valence electrons. The lowest BCUT2D eigenvalue weighted by Gasteiger charge is -2.24. The van der Waals surface area contributed by atoms with Crippen molar-refractivity contribution in [3.63, 3.8) is 0 Å². The van der Waals surface area contributed by atoms with Crippen molar-refractivity contribution in [2.24, 2.45) is 0 Å². The number of oxazole rings is 1. The molecule has 1 saturated heterocycles. The zero-order valence-corrected chi connectivity index (χ0v) is 10.5. The highest BCUT2D eigenvalue weighted by Crippen LogP contribution is 2.27. The average Bonchev–Trinajstić information content (AvgIpc) is 2.86. The van der Waals surface area contributed by atoms with Crippen LogP contribution in [0.3, 0.4) is 0 Å². The summed E-state index contributed by atoms with van der Waals surface area (Å²) in [5.74, 6) is 1.08. The highest BCUT2D eigenvalue weighted by Gasteiger charge is 2.31. The van der Waals surface area contributed by atoms with Crippen molar-refractivity contribution in [3.8, 4) is 0 Å². The number of nitrogens with zero attached hydrogens (tertiary/aromatic N) is 2. The van der Waals surface area contributed by atoms with Gasteiger partial charge in [0.05, 0.1) is 6.20 Å². The molecule has 1 fully saturated rings. The molecule has 0 spiro atoms. The van der Waals surface area contributed by atoms with Crippen LogP contribution in [-0.4, -0.2) is 34.7 Å². The van der Waals surface area contributed by atoms with Gasteiger partial charge in [-0.15, -0.1) is 0 Å². The maximum absolute atomic E-state index is 11.8. The fourth-order valence-electron chi connectivity index (χ4n) is 1.91. The number of likely N-dealkylation sites (tertiary alicyclic amines) is 1.